The maximum absolute atomic E-state index is 12.7. The van der Waals surface area contributed by atoms with Gasteiger partial charge in [-0.2, -0.15) is 18.2 Å². The SMILES string of the molecule is O=c1ccc(C(F)(F)F)cn1Cc1nc(-c2ccccc2)no1. The first-order valence-electron chi connectivity index (χ1n) is 6.59. The van der Waals surface area contributed by atoms with Gasteiger partial charge in [0.05, 0.1) is 5.56 Å². The van der Waals surface area contributed by atoms with Crippen LogP contribution in [-0.2, 0) is 12.7 Å². The Morgan fingerprint density at radius 3 is 2.52 bits per heavy atom. The third-order valence-corrected chi connectivity index (χ3v) is 3.12. The second-order valence-corrected chi connectivity index (χ2v) is 4.76. The number of nitrogens with zero attached hydrogens (tertiary/aromatic N) is 3. The summed E-state index contributed by atoms with van der Waals surface area (Å²) in [5, 5.41) is 3.76. The first-order chi connectivity index (χ1) is 10.9. The monoisotopic (exact) mass is 321 g/mol. The number of aromatic nitrogens is 3. The maximum Gasteiger partial charge on any atom is 0.417 e. The third-order valence-electron chi connectivity index (χ3n) is 3.12. The average Bonchev–Trinajstić information content (AvgIpc) is 2.98. The number of halogens is 3. The molecule has 0 bridgehead atoms. The van der Waals surface area contributed by atoms with Crippen molar-refractivity contribution in [1.29, 1.82) is 0 Å². The lowest BCUT2D eigenvalue weighted by molar-refractivity contribution is -0.138. The Morgan fingerprint density at radius 1 is 1.09 bits per heavy atom. The lowest BCUT2D eigenvalue weighted by Gasteiger charge is -2.08. The van der Waals surface area contributed by atoms with Gasteiger partial charge in [0.15, 0.2) is 0 Å². The smallest absolute Gasteiger partial charge is 0.337 e. The van der Waals surface area contributed by atoms with Crippen LogP contribution in [0, 0.1) is 0 Å². The van der Waals surface area contributed by atoms with Crippen LogP contribution in [0.2, 0.25) is 0 Å². The van der Waals surface area contributed by atoms with Crippen LogP contribution in [0.5, 0.6) is 0 Å². The van der Waals surface area contributed by atoms with Gasteiger partial charge < -0.3 is 9.09 Å². The lowest BCUT2D eigenvalue weighted by atomic mass is 10.2. The van der Waals surface area contributed by atoms with E-state index >= 15 is 0 Å². The Labute approximate surface area is 128 Å². The van der Waals surface area contributed by atoms with Gasteiger partial charge in [-0.3, -0.25) is 4.79 Å². The number of alkyl halides is 3. The number of hydrogen-bond donors (Lipinski definition) is 0. The topological polar surface area (TPSA) is 60.9 Å². The third kappa shape index (κ3) is 3.31. The minimum absolute atomic E-state index is 0.0466. The van der Waals surface area contributed by atoms with E-state index < -0.39 is 17.3 Å². The van der Waals surface area contributed by atoms with Gasteiger partial charge in [-0.15, -0.1) is 0 Å². The average molecular weight is 321 g/mol. The molecule has 0 N–H and O–H groups in total. The van der Waals surface area contributed by atoms with Crippen LogP contribution in [0.25, 0.3) is 11.4 Å². The number of rotatable bonds is 3. The zero-order chi connectivity index (χ0) is 16.4. The van der Waals surface area contributed by atoms with E-state index in [2.05, 4.69) is 10.1 Å². The van der Waals surface area contributed by atoms with Gasteiger partial charge >= 0.3 is 6.18 Å². The van der Waals surface area contributed by atoms with Crippen LogP contribution in [-0.4, -0.2) is 14.7 Å². The fourth-order valence-electron chi connectivity index (χ4n) is 1.99. The van der Waals surface area contributed by atoms with Crippen LogP contribution in [0.15, 0.2) is 58.0 Å². The minimum atomic E-state index is -4.53. The summed E-state index contributed by atoms with van der Waals surface area (Å²) >= 11 is 0. The molecule has 0 radical (unpaired) electrons. The molecule has 23 heavy (non-hydrogen) atoms. The predicted molar refractivity (Wildman–Crippen MR) is 74.5 cm³/mol. The van der Waals surface area contributed by atoms with Crippen LogP contribution in [0.3, 0.4) is 0 Å². The normalized spacial score (nSPS) is 11.6. The fourth-order valence-corrected chi connectivity index (χ4v) is 1.99. The lowest BCUT2D eigenvalue weighted by Crippen LogP contribution is -2.22. The molecule has 0 spiro atoms. The summed E-state index contributed by atoms with van der Waals surface area (Å²) in [6, 6.07) is 10.5. The van der Waals surface area contributed by atoms with E-state index in [1.807, 2.05) is 6.07 Å². The minimum Gasteiger partial charge on any atom is -0.337 e. The molecule has 1 aromatic carbocycles. The number of pyridine rings is 1. The Hall–Kier alpha value is -2.90. The molecule has 0 amide bonds. The van der Waals surface area contributed by atoms with Crippen molar-refractivity contribution >= 4 is 0 Å². The van der Waals surface area contributed by atoms with Gasteiger partial charge in [0.1, 0.15) is 6.54 Å². The summed E-state index contributed by atoms with van der Waals surface area (Å²) in [7, 11) is 0. The highest BCUT2D eigenvalue weighted by molar-refractivity contribution is 5.53. The molecule has 0 atom stereocenters. The predicted octanol–water partition coefficient (Wildman–Crippen LogP) is 2.97. The molecule has 5 nitrogen and oxygen atoms in total. The summed E-state index contributed by atoms with van der Waals surface area (Å²) in [4.78, 5) is 15.8. The van der Waals surface area contributed by atoms with Crippen molar-refractivity contribution in [2.24, 2.45) is 0 Å². The maximum atomic E-state index is 12.7. The number of hydrogen-bond acceptors (Lipinski definition) is 4. The van der Waals surface area contributed by atoms with E-state index in [1.165, 1.54) is 0 Å². The van der Waals surface area contributed by atoms with Gasteiger partial charge in [-0.1, -0.05) is 35.5 Å². The van der Waals surface area contributed by atoms with Crippen molar-refractivity contribution in [3.05, 3.63) is 70.5 Å². The van der Waals surface area contributed by atoms with Crippen molar-refractivity contribution < 1.29 is 17.7 Å². The second kappa shape index (κ2) is 5.71. The quantitative estimate of drug-likeness (QED) is 0.744. The largest absolute Gasteiger partial charge is 0.417 e. The molecule has 0 aliphatic heterocycles. The van der Waals surface area contributed by atoms with Gasteiger partial charge in [0.25, 0.3) is 5.56 Å². The standard InChI is InChI=1S/C15H10F3N3O2/c16-15(17,18)11-6-7-13(22)21(8-11)9-12-19-14(20-23-12)10-4-2-1-3-5-10/h1-8H,9H2. The van der Waals surface area contributed by atoms with Gasteiger partial charge in [0.2, 0.25) is 11.7 Å². The molecule has 0 saturated heterocycles. The number of benzene rings is 1. The Bertz CT molecular complexity index is 869. The summed E-state index contributed by atoms with van der Waals surface area (Å²) in [6.45, 7) is -0.234. The zero-order valence-electron chi connectivity index (χ0n) is 11.6. The van der Waals surface area contributed by atoms with E-state index in [4.69, 9.17) is 4.52 Å². The molecule has 0 aliphatic carbocycles. The van der Waals surface area contributed by atoms with Crippen molar-refractivity contribution in [3.8, 4) is 11.4 Å². The highest BCUT2D eigenvalue weighted by Gasteiger charge is 2.31. The van der Waals surface area contributed by atoms with Gasteiger partial charge in [0, 0.05) is 17.8 Å². The van der Waals surface area contributed by atoms with E-state index in [1.54, 1.807) is 24.3 Å². The molecule has 118 valence electrons. The molecule has 3 aromatic rings. The fraction of sp³-hybridized carbons (Fsp3) is 0.133. The molecule has 0 saturated carbocycles. The second-order valence-electron chi connectivity index (χ2n) is 4.76. The molecule has 0 aliphatic rings. The van der Waals surface area contributed by atoms with Crippen LogP contribution < -0.4 is 5.56 Å². The summed E-state index contributed by atoms with van der Waals surface area (Å²) in [6.07, 6.45) is -3.80. The van der Waals surface area contributed by atoms with Crippen molar-refractivity contribution in [2.45, 2.75) is 12.7 Å². The summed E-state index contributed by atoms with van der Waals surface area (Å²) in [5.74, 6) is 0.353. The Morgan fingerprint density at radius 2 is 1.83 bits per heavy atom. The first-order valence-corrected chi connectivity index (χ1v) is 6.59. The van der Waals surface area contributed by atoms with E-state index in [9.17, 15) is 18.0 Å². The van der Waals surface area contributed by atoms with E-state index in [0.29, 0.717) is 11.4 Å². The summed E-state index contributed by atoms with van der Waals surface area (Å²) < 4.78 is 44.0. The molecule has 2 heterocycles. The van der Waals surface area contributed by atoms with Gasteiger partial charge in [-0.05, 0) is 6.07 Å². The zero-order valence-corrected chi connectivity index (χ0v) is 11.6. The van der Waals surface area contributed by atoms with Crippen molar-refractivity contribution in [3.63, 3.8) is 0 Å². The van der Waals surface area contributed by atoms with Crippen molar-refractivity contribution in [2.75, 3.05) is 0 Å². The molecule has 0 fully saturated rings. The summed E-state index contributed by atoms with van der Waals surface area (Å²) in [5.41, 5.74) is -0.795. The van der Waals surface area contributed by atoms with E-state index in [0.717, 1.165) is 22.9 Å². The molecule has 3 rings (SSSR count). The molecular weight excluding hydrogens is 311 g/mol. The van der Waals surface area contributed by atoms with Crippen molar-refractivity contribution in [1.82, 2.24) is 14.7 Å². The first kappa shape index (κ1) is 15.0. The Kier molecular flexibility index (Phi) is 3.73. The molecule has 0 unspecified atom stereocenters. The van der Waals surface area contributed by atoms with Crippen LogP contribution >= 0.6 is 0 Å². The van der Waals surface area contributed by atoms with Gasteiger partial charge in [-0.25, -0.2) is 0 Å². The highest BCUT2D eigenvalue weighted by Crippen LogP contribution is 2.28. The highest BCUT2D eigenvalue weighted by atomic mass is 19.4. The molecule has 2 aromatic heterocycles. The van der Waals surface area contributed by atoms with E-state index in [-0.39, 0.29) is 12.4 Å². The Balaban J connectivity index is 1.89. The molecular formula is C15H10F3N3O2. The van der Waals surface area contributed by atoms with Crippen LogP contribution in [0.4, 0.5) is 13.2 Å². The van der Waals surface area contributed by atoms with Crippen LogP contribution in [0.1, 0.15) is 11.5 Å². The molecule has 8 heteroatoms.